The van der Waals surface area contributed by atoms with Gasteiger partial charge in [-0.25, -0.2) is 0 Å². The van der Waals surface area contributed by atoms with E-state index in [1.54, 1.807) is 6.92 Å². The quantitative estimate of drug-likeness (QED) is 0.623. The fraction of sp³-hybridized carbons (Fsp3) is 0.929. The minimum Gasteiger partial charge on any atom is -0.465 e. The van der Waals surface area contributed by atoms with Crippen molar-refractivity contribution in [2.45, 2.75) is 53.4 Å². The topological polar surface area (TPSA) is 66.8 Å². The summed E-state index contributed by atoms with van der Waals surface area (Å²) < 4.78 is 5.30. The maximum Gasteiger partial charge on any atom is 0.314 e. The second-order valence-corrected chi connectivity index (χ2v) is 5.76. The van der Waals surface area contributed by atoms with Crippen molar-refractivity contribution in [3.05, 3.63) is 0 Å². The van der Waals surface area contributed by atoms with Gasteiger partial charge in [0.25, 0.3) is 0 Å². The molecular formula is C14H28O4. The summed E-state index contributed by atoms with van der Waals surface area (Å²) in [5, 5.41) is 18.7. The van der Waals surface area contributed by atoms with Gasteiger partial charge in [-0.05, 0) is 19.8 Å². The summed E-state index contributed by atoms with van der Waals surface area (Å²) in [5.74, 6) is -0.373. The van der Waals surface area contributed by atoms with E-state index in [0.717, 1.165) is 19.3 Å². The Morgan fingerprint density at radius 2 is 1.61 bits per heavy atom. The maximum absolute atomic E-state index is 12.0. The van der Waals surface area contributed by atoms with E-state index in [4.69, 9.17) is 4.74 Å². The lowest BCUT2D eigenvalue weighted by molar-refractivity contribution is -0.162. The third-order valence-electron chi connectivity index (χ3n) is 3.43. The van der Waals surface area contributed by atoms with Crippen LogP contribution >= 0.6 is 0 Å². The van der Waals surface area contributed by atoms with Gasteiger partial charge in [-0.15, -0.1) is 0 Å². The zero-order valence-corrected chi connectivity index (χ0v) is 12.2. The smallest absolute Gasteiger partial charge is 0.314 e. The molecule has 0 rings (SSSR count). The molecule has 4 nitrogen and oxygen atoms in total. The molecule has 0 aliphatic rings. The molecule has 0 spiro atoms. The number of aliphatic hydroxyl groups excluding tert-OH is 2. The van der Waals surface area contributed by atoms with Gasteiger partial charge in [-0.2, -0.15) is 0 Å². The van der Waals surface area contributed by atoms with Crippen LogP contribution in [0.15, 0.2) is 0 Å². The molecule has 0 aromatic heterocycles. The number of hydrogen-bond donors (Lipinski definition) is 2. The van der Waals surface area contributed by atoms with Gasteiger partial charge >= 0.3 is 5.97 Å². The minimum absolute atomic E-state index is 0.00224. The van der Waals surface area contributed by atoms with Crippen molar-refractivity contribution in [1.82, 2.24) is 0 Å². The Morgan fingerprint density at radius 1 is 1.06 bits per heavy atom. The number of hydrogen-bond acceptors (Lipinski definition) is 4. The molecule has 2 N–H and O–H groups in total. The Labute approximate surface area is 110 Å². The molecule has 2 unspecified atom stereocenters. The van der Waals surface area contributed by atoms with E-state index in [1.807, 2.05) is 20.8 Å². The second-order valence-electron chi connectivity index (χ2n) is 5.76. The Balaban J connectivity index is 4.47. The normalized spacial score (nSPS) is 17.9. The molecule has 0 aliphatic carbocycles. The van der Waals surface area contributed by atoms with Gasteiger partial charge in [-0.3, -0.25) is 4.79 Å². The van der Waals surface area contributed by atoms with Gasteiger partial charge in [0.05, 0.1) is 25.2 Å². The third-order valence-corrected chi connectivity index (χ3v) is 3.43. The second kappa shape index (κ2) is 7.74. The van der Waals surface area contributed by atoms with Crippen LogP contribution in [0.25, 0.3) is 0 Å². The SMILES string of the molecule is CCCC(C)(CO)COC(=O)C(C)(CO)CCC. The fourth-order valence-electron chi connectivity index (χ4n) is 2.01. The van der Waals surface area contributed by atoms with E-state index in [0.29, 0.717) is 6.42 Å². The van der Waals surface area contributed by atoms with Crippen LogP contribution in [0.4, 0.5) is 0 Å². The van der Waals surface area contributed by atoms with E-state index < -0.39 is 5.41 Å². The number of carbonyl (C=O) groups is 1. The van der Waals surface area contributed by atoms with Crippen LogP contribution < -0.4 is 0 Å². The van der Waals surface area contributed by atoms with Crippen LogP contribution in [0, 0.1) is 10.8 Å². The summed E-state index contributed by atoms with van der Waals surface area (Å²) in [7, 11) is 0. The molecule has 4 heteroatoms. The summed E-state index contributed by atoms with van der Waals surface area (Å²) >= 11 is 0. The molecule has 108 valence electrons. The first kappa shape index (κ1) is 17.4. The molecule has 0 aromatic carbocycles. The van der Waals surface area contributed by atoms with Crippen molar-refractivity contribution >= 4 is 5.97 Å². The molecule has 0 heterocycles. The maximum atomic E-state index is 12.0. The van der Waals surface area contributed by atoms with Crippen LogP contribution in [0.3, 0.4) is 0 Å². The number of ether oxygens (including phenoxy) is 1. The number of esters is 1. The molecule has 2 atom stereocenters. The fourth-order valence-corrected chi connectivity index (χ4v) is 2.01. The molecule has 0 saturated carbocycles. The summed E-state index contributed by atoms with van der Waals surface area (Å²) in [6.45, 7) is 7.62. The molecule has 18 heavy (non-hydrogen) atoms. The van der Waals surface area contributed by atoms with Crippen molar-refractivity contribution < 1.29 is 19.7 Å². The Bertz CT molecular complexity index is 254. The van der Waals surface area contributed by atoms with E-state index in [2.05, 4.69) is 0 Å². The molecule has 0 radical (unpaired) electrons. The summed E-state index contributed by atoms with van der Waals surface area (Å²) in [5.41, 5.74) is -1.20. The zero-order chi connectivity index (χ0) is 14.2. The lowest BCUT2D eigenvalue weighted by Gasteiger charge is -2.30. The zero-order valence-electron chi connectivity index (χ0n) is 12.2. The lowest BCUT2D eigenvalue weighted by Crippen LogP contribution is -2.37. The van der Waals surface area contributed by atoms with Crippen molar-refractivity contribution in [1.29, 1.82) is 0 Å². The summed E-state index contributed by atoms with van der Waals surface area (Å²) in [4.78, 5) is 12.0. The first-order valence-electron chi connectivity index (χ1n) is 6.76. The molecule has 0 amide bonds. The van der Waals surface area contributed by atoms with Gasteiger partial charge in [0.2, 0.25) is 0 Å². The Morgan fingerprint density at radius 3 is 2.00 bits per heavy atom. The first-order valence-corrected chi connectivity index (χ1v) is 6.76. The molecular weight excluding hydrogens is 232 g/mol. The predicted molar refractivity (Wildman–Crippen MR) is 71.2 cm³/mol. The number of rotatable bonds is 9. The Kier molecular flexibility index (Phi) is 7.48. The summed E-state index contributed by atoms with van der Waals surface area (Å²) in [6.07, 6.45) is 3.16. The van der Waals surface area contributed by atoms with Crippen molar-refractivity contribution in [3.63, 3.8) is 0 Å². The largest absolute Gasteiger partial charge is 0.465 e. The molecule has 0 fully saturated rings. The predicted octanol–water partition coefficient (Wildman–Crippen LogP) is 2.13. The minimum atomic E-state index is -0.822. The molecule has 0 bridgehead atoms. The average Bonchev–Trinajstić information content (AvgIpc) is 2.36. The lowest BCUT2D eigenvalue weighted by atomic mass is 9.85. The van der Waals surface area contributed by atoms with Crippen LogP contribution in [-0.2, 0) is 9.53 Å². The molecule has 0 saturated heterocycles. The number of carbonyl (C=O) groups excluding carboxylic acids is 1. The third kappa shape index (κ3) is 4.94. The average molecular weight is 260 g/mol. The Hall–Kier alpha value is -0.610. The van der Waals surface area contributed by atoms with Crippen LogP contribution in [0.2, 0.25) is 0 Å². The van der Waals surface area contributed by atoms with Gasteiger partial charge < -0.3 is 14.9 Å². The highest BCUT2D eigenvalue weighted by atomic mass is 16.5. The summed E-state index contributed by atoms with van der Waals surface area (Å²) in [6, 6.07) is 0. The standard InChI is InChI=1S/C14H28O4/c1-5-7-13(3,9-15)11-18-12(17)14(4,10-16)8-6-2/h15-16H,5-11H2,1-4H3. The highest BCUT2D eigenvalue weighted by Gasteiger charge is 2.35. The van der Waals surface area contributed by atoms with Crippen LogP contribution in [0.5, 0.6) is 0 Å². The van der Waals surface area contributed by atoms with Gasteiger partial charge in [0.1, 0.15) is 0 Å². The molecule has 0 aliphatic heterocycles. The van der Waals surface area contributed by atoms with Crippen molar-refractivity contribution in [2.24, 2.45) is 10.8 Å². The van der Waals surface area contributed by atoms with Crippen molar-refractivity contribution in [3.8, 4) is 0 Å². The van der Waals surface area contributed by atoms with Crippen LogP contribution in [0.1, 0.15) is 53.4 Å². The monoisotopic (exact) mass is 260 g/mol. The van der Waals surface area contributed by atoms with Crippen molar-refractivity contribution in [2.75, 3.05) is 19.8 Å². The van der Waals surface area contributed by atoms with Gasteiger partial charge in [0, 0.05) is 5.41 Å². The van der Waals surface area contributed by atoms with E-state index >= 15 is 0 Å². The molecule has 0 aromatic rings. The van der Waals surface area contributed by atoms with Gasteiger partial charge in [-0.1, -0.05) is 33.6 Å². The highest BCUT2D eigenvalue weighted by molar-refractivity contribution is 5.76. The first-order chi connectivity index (χ1) is 8.37. The van der Waals surface area contributed by atoms with E-state index in [-0.39, 0.29) is 31.2 Å². The van der Waals surface area contributed by atoms with E-state index in [1.165, 1.54) is 0 Å². The van der Waals surface area contributed by atoms with Crippen LogP contribution in [-0.4, -0.2) is 36.0 Å². The van der Waals surface area contributed by atoms with E-state index in [9.17, 15) is 15.0 Å². The number of aliphatic hydroxyl groups is 2. The highest BCUT2D eigenvalue weighted by Crippen LogP contribution is 2.28. The van der Waals surface area contributed by atoms with Gasteiger partial charge in [0.15, 0.2) is 0 Å².